The van der Waals surface area contributed by atoms with Crippen LogP contribution in [-0.2, 0) is 16.1 Å². The fourth-order valence-electron chi connectivity index (χ4n) is 3.08. The van der Waals surface area contributed by atoms with Crippen molar-refractivity contribution in [2.75, 3.05) is 6.54 Å². The molecule has 1 atom stereocenters. The van der Waals surface area contributed by atoms with Crippen molar-refractivity contribution in [2.24, 2.45) is 5.92 Å². The van der Waals surface area contributed by atoms with Gasteiger partial charge in [-0.3, -0.25) is 9.59 Å². The molecule has 6 nitrogen and oxygen atoms in total. The lowest BCUT2D eigenvalue weighted by atomic mass is 10.1. The van der Waals surface area contributed by atoms with E-state index in [9.17, 15) is 9.59 Å². The number of amides is 2. The lowest BCUT2D eigenvalue weighted by Crippen LogP contribution is -2.33. The molecular weight excluding hydrogens is 306 g/mol. The van der Waals surface area contributed by atoms with Crippen LogP contribution >= 0.6 is 0 Å². The van der Waals surface area contributed by atoms with E-state index in [0.717, 1.165) is 18.4 Å². The molecule has 2 aromatic rings. The second-order valence-electron chi connectivity index (χ2n) is 6.38. The number of nitrogens with zero attached hydrogens (tertiary/aromatic N) is 2. The highest BCUT2D eigenvalue weighted by molar-refractivity contribution is 5.89. The molecule has 1 aromatic carbocycles. The number of benzene rings is 1. The van der Waals surface area contributed by atoms with Crippen LogP contribution in [0.1, 0.15) is 25.2 Å². The maximum atomic E-state index is 12.3. The molecule has 6 heteroatoms. The summed E-state index contributed by atoms with van der Waals surface area (Å²) < 4.78 is 5.67. The number of oxazole rings is 1. The molecule has 124 valence electrons. The number of likely N-dealkylation sites (tertiary alicyclic amines) is 1. The lowest BCUT2D eigenvalue weighted by Gasteiger charge is -2.15. The summed E-state index contributed by atoms with van der Waals surface area (Å²) in [6.45, 7) is 0.774. The normalized spacial score (nSPS) is 20.4. The van der Waals surface area contributed by atoms with E-state index in [0.29, 0.717) is 30.7 Å². The smallest absolute Gasteiger partial charge is 0.225 e. The molecule has 1 N–H and O–H groups in total. The first-order chi connectivity index (χ1) is 11.7. The van der Waals surface area contributed by atoms with Gasteiger partial charge in [-0.25, -0.2) is 4.98 Å². The standard InChI is InChI=1S/C18H19N3O3/c22-17-8-13(11-21(17)14-6-7-14)18(23)20-10-16-19-9-15(24-16)12-4-2-1-3-5-12/h1-5,9,13-14H,6-8,10-11H2,(H,20,23). The predicted octanol–water partition coefficient (Wildman–Crippen LogP) is 1.97. The van der Waals surface area contributed by atoms with Gasteiger partial charge < -0.3 is 14.6 Å². The topological polar surface area (TPSA) is 75.4 Å². The fourth-order valence-corrected chi connectivity index (χ4v) is 3.08. The van der Waals surface area contributed by atoms with Crippen molar-refractivity contribution in [3.05, 3.63) is 42.4 Å². The highest BCUT2D eigenvalue weighted by atomic mass is 16.4. The van der Waals surface area contributed by atoms with E-state index in [-0.39, 0.29) is 24.3 Å². The van der Waals surface area contributed by atoms with Crippen molar-refractivity contribution < 1.29 is 14.0 Å². The van der Waals surface area contributed by atoms with Gasteiger partial charge in [-0.05, 0) is 12.8 Å². The molecule has 1 aliphatic carbocycles. The van der Waals surface area contributed by atoms with Crippen LogP contribution in [0.15, 0.2) is 40.9 Å². The number of carbonyl (C=O) groups is 2. The van der Waals surface area contributed by atoms with E-state index in [1.165, 1.54) is 0 Å². The van der Waals surface area contributed by atoms with Crippen LogP contribution < -0.4 is 5.32 Å². The van der Waals surface area contributed by atoms with Gasteiger partial charge in [-0.1, -0.05) is 30.3 Å². The molecule has 1 aliphatic heterocycles. The predicted molar refractivity (Wildman–Crippen MR) is 86.6 cm³/mol. The Morgan fingerprint density at radius 3 is 2.83 bits per heavy atom. The zero-order valence-corrected chi connectivity index (χ0v) is 13.3. The monoisotopic (exact) mass is 325 g/mol. The van der Waals surface area contributed by atoms with E-state index in [1.54, 1.807) is 6.20 Å². The molecule has 2 heterocycles. The Balaban J connectivity index is 1.33. The number of hydrogen-bond acceptors (Lipinski definition) is 4. The quantitative estimate of drug-likeness (QED) is 0.912. The summed E-state index contributed by atoms with van der Waals surface area (Å²) in [5.41, 5.74) is 0.948. The number of rotatable bonds is 5. The summed E-state index contributed by atoms with van der Waals surface area (Å²) in [6, 6.07) is 10.1. The first kappa shape index (κ1) is 14.9. The average Bonchev–Trinajstić information content (AvgIpc) is 3.20. The molecule has 2 aliphatic rings. The summed E-state index contributed by atoms with van der Waals surface area (Å²) in [7, 11) is 0. The van der Waals surface area contributed by atoms with E-state index in [1.807, 2.05) is 35.2 Å². The van der Waals surface area contributed by atoms with Gasteiger partial charge in [0, 0.05) is 24.6 Å². The third-order valence-corrected chi connectivity index (χ3v) is 4.54. The Hall–Kier alpha value is -2.63. The van der Waals surface area contributed by atoms with Crippen molar-refractivity contribution in [3.8, 4) is 11.3 Å². The van der Waals surface area contributed by atoms with Crippen LogP contribution in [0.25, 0.3) is 11.3 Å². The minimum Gasteiger partial charge on any atom is -0.439 e. The molecule has 1 aromatic heterocycles. The Bertz CT molecular complexity index is 752. The SMILES string of the molecule is O=C(NCc1ncc(-c2ccccc2)o1)C1CC(=O)N(C2CC2)C1. The van der Waals surface area contributed by atoms with Crippen LogP contribution in [0, 0.1) is 5.92 Å². The van der Waals surface area contributed by atoms with Crippen molar-refractivity contribution in [3.63, 3.8) is 0 Å². The molecule has 1 saturated carbocycles. The molecule has 2 amide bonds. The Labute approximate surface area is 139 Å². The van der Waals surface area contributed by atoms with Gasteiger partial charge in [-0.2, -0.15) is 0 Å². The van der Waals surface area contributed by atoms with Crippen LogP contribution in [0.5, 0.6) is 0 Å². The molecule has 2 fully saturated rings. The minimum atomic E-state index is -0.262. The summed E-state index contributed by atoms with van der Waals surface area (Å²) >= 11 is 0. The lowest BCUT2D eigenvalue weighted by molar-refractivity contribution is -0.129. The highest BCUT2D eigenvalue weighted by Crippen LogP contribution is 2.32. The average molecular weight is 325 g/mol. The van der Waals surface area contributed by atoms with Gasteiger partial charge in [0.15, 0.2) is 5.76 Å². The van der Waals surface area contributed by atoms with E-state index < -0.39 is 0 Å². The molecule has 0 spiro atoms. The van der Waals surface area contributed by atoms with Gasteiger partial charge in [-0.15, -0.1) is 0 Å². The van der Waals surface area contributed by atoms with Crippen LogP contribution in [-0.4, -0.2) is 34.3 Å². The van der Waals surface area contributed by atoms with Gasteiger partial charge in [0.25, 0.3) is 0 Å². The zero-order valence-electron chi connectivity index (χ0n) is 13.3. The number of nitrogens with one attached hydrogen (secondary N) is 1. The summed E-state index contributed by atoms with van der Waals surface area (Å²) in [5, 5.41) is 2.83. The van der Waals surface area contributed by atoms with E-state index in [4.69, 9.17) is 4.42 Å². The third-order valence-electron chi connectivity index (χ3n) is 4.54. The van der Waals surface area contributed by atoms with Crippen LogP contribution in [0.3, 0.4) is 0 Å². The molecule has 1 unspecified atom stereocenters. The van der Waals surface area contributed by atoms with Crippen molar-refractivity contribution in [2.45, 2.75) is 31.8 Å². The molecular formula is C18H19N3O3. The minimum absolute atomic E-state index is 0.0973. The Kier molecular flexibility index (Phi) is 3.80. The maximum Gasteiger partial charge on any atom is 0.225 e. The second-order valence-corrected chi connectivity index (χ2v) is 6.38. The Morgan fingerprint density at radius 1 is 1.29 bits per heavy atom. The number of hydrogen-bond donors (Lipinski definition) is 1. The van der Waals surface area contributed by atoms with Crippen LogP contribution in [0.4, 0.5) is 0 Å². The number of aromatic nitrogens is 1. The van der Waals surface area contributed by atoms with Gasteiger partial charge in [0.2, 0.25) is 17.7 Å². The van der Waals surface area contributed by atoms with Crippen molar-refractivity contribution in [1.29, 1.82) is 0 Å². The largest absolute Gasteiger partial charge is 0.439 e. The summed E-state index contributed by atoms with van der Waals surface area (Å²) in [6.07, 6.45) is 4.10. The van der Waals surface area contributed by atoms with Gasteiger partial charge in [0.1, 0.15) is 0 Å². The van der Waals surface area contributed by atoms with Crippen LogP contribution in [0.2, 0.25) is 0 Å². The fraction of sp³-hybridized carbons (Fsp3) is 0.389. The third kappa shape index (κ3) is 3.04. The van der Waals surface area contributed by atoms with Crippen molar-refractivity contribution >= 4 is 11.8 Å². The molecule has 24 heavy (non-hydrogen) atoms. The van der Waals surface area contributed by atoms with E-state index in [2.05, 4.69) is 10.3 Å². The van der Waals surface area contributed by atoms with Gasteiger partial charge in [0.05, 0.1) is 18.7 Å². The van der Waals surface area contributed by atoms with Crippen molar-refractivity contribution in [1.82, 2.24) is 15.2 Å². The first-order valence-electron chi connectivity index (χ1n) is 8.28. The number of carbonyl (C=O) groups excluding carboxylic acids is 2. The molecule has 1 saturated heterocycles. The molecule has 0 radical (unpaired) electrons. The van der Waals surface area contributed by atoms with Gasteiger partial charge >= 0.3 is 0 Å². The Morgan fingerprint density at radius 2 is 2.08 bits per heavy atom. The summed E-state index contributed by atoms with van der Waals surface area (Å²) in [4.78, 5) is 30.2. The molecule has 0 bridgehead atoms. The summed E-state index contributed by atoms with van der Waals surface area (Å²) in [5.74, 6) is 0.870. The second kappa shape index (κ2) is 6.11. The highest BCUT2D eigenvalue weighted by Gasteiger charge is 2.41. The molecule has 4 rings (SSSR count). The van der Waals surface area contributed by atoms with E-state index >= 15 is 0 Å². The zero-order chi connectivity index (χ0) is 16.5. The first-order valence-corrected chi connectivity index (χ1v) is 8.28. The maximum absolute atomic E-state index is 12.3.